The van der Waals surface area contributed by atoms with E-state index in [9.17, 15) is 19.3 Å². The molecule has 0 spiro atoms. The third-order valence-corrected chi connectivity index (χ3v) is 5.54. The molecule has 0 N–H and O–H groups in total. The van der Waals surface area contributed by atoms with Crippen LogP contribution in [0.25, 0.3) is 6.08 Å². The molecule has 184 valence electrons. The summed E-state index contributed by atoms with van der Waals surface area (Å²) < 4.78 is 30.2. The number of benzene rings is 3. The molecule has 1 aliphatic heterocycles. The molecule has 10 heteroatoms. The molecule has 1 heterocycles. The lowest BCUT2D eigenvalue weighted by Crippen LogP contribution is -2.08. The van der Waals surface area contributed by atoms with Gasteiger partial charge in [-0.1, -0.05) is 29.8 Å². The van der Waals surface area contributed by atoms with Gasteiger partial charge in [-0.3, -0.25) is 10.1 Å². The third-order valence-electron chi connectivity index (χ3n) is 5.26. The van der Waals surface area contributed by atoms with Crippen molar-refractivity contribution in [2.24, 2.45) is 4.99 Å². The van der Waals surface area contributed by atoms with Gasteiger partial charge in [-0.25, -0.2) is 14.2 Å². The van der Waals surface area contributed by atoms with Crippen molar-refractivity contribution in [3.8, 4) is 11.5 Å². The van der Waals surface area contributed by atoms with Gasteiger partial charge in [0.1, 0.15) is 12.4 Å². The monoisotopic (exact) mass is 510 g/mol. The second-order valence-electron chi connectivity index (χ2n) is 7.72. The first-order chi connectivity index (χ1) is 17.3. The second-order valence-corrected chi connectivity index (χ2v) is 8.13. The number of rotatable bonds is 8. The van der Waals surface area contributed by atoms with Gasteiger partial charge in [-0.05, 0) is 61.4 Å². The summed E-state index contributed by atoms with van der Waals surface area (Å²) in [6, 6.07) is 13.6. The molecule has 0 amide bonds. The average Bonchev–Trinajstić information content (AvgIpc) is 3.18. The molecule has 0 saturated heterocycles. The molecule has 0 atom stereocenters. The zero-order valence-corrected chi connectivity index (χ0v) is 20.0. The van der Waals surface area contributed by atoms with Crippen LogP contribution in [0.1, 0.15) is 29.2 Å². The zero-order valence-electron chi connectivity index (χ0n) is 19.3. The number of hydrogen-bond acceptors (Lipinski definition) is 7. The van der Waals surface area contributed by atoms with E-state index in [4.69, 9.17) is 25.8 Å². The largest absolute Gasteiger partial charge is 0.490 e. The summed E-state index contributed by atoms with van der Waals surface area (Å²) in [6.45, 7) is 3.74. The molecule has 8 nitrogen and oxygen atoms in total. The first kappa shape index (κ1) is 24.9. The van der Waals surface area contributed by atoms with Gasteiger partial charge >= 0.3 is 5.97 Å². The summed E-state index contributed by atoms with van der Waals surface area (Å²) >= 11 is 6.46. The first-order valence-corrected chi connectivity index (χ1v) is 11.2. The number of hydrogen-bond donors (Lipinski definition) is 0. The van der Waals surface area contributed by atoms with Crippen molar-refractivity contribution in [1.82, 2.24) is 0 Å². The third kappa shape index (κ3) is 5.36. The van der Waals surface area contributed by atoms with Crippen LogP contribution >= 0.6 is 11.6 Å². The van der Waals surface area contributed by atoms with Gasteiger partial charge in [-0.2, -0.15) is 0 Å². The number of nitrogens with zero attached hydrogens (tertiary/aromatic N) is 2. The molecule has 0 radical (unpaired) electrons. The van der Waals surface area contributed by atoms with E-state index in [1.165, 1.54) is 30.3 Å². The van der Waals surface area contributed by atoms with Gasteiger partial charge in [0.25, 0.3) is 5.69 Å². The Morgan fingerprint density at radius 2 is 1.94 bits per heavy atom. The smallest absolute Gasteiger partial charge is 0.363 e. The summed E-state index contributed by atoms with van der Waals surface area (Å²) in [6.07, 6.45) is 1.47. The van der Waals surface area contributed by atoms with Crippen molar-refractivity contribution in [2.75, 3.05) is 6.61 Å². The van der Waals surface area contributed by atoms with E-state index < -0.39 is 10.9 Å². The number of ether oxygens (including phenoxy) is 3. The van der Waals surface area contributed by atoms with Gasteiger partial charge < -0.3 is 14.2 Å². The van der Waals surface area contributed by atoms with E-state index >= 15 is 0 Å². The highest BCUT2D eigenvalue weighted by atomic mass is 35.5. The summed E-state index contributed by atoms with van der Waals surface area (Å²) in [5, 5.41) is 11.5. The maximum atomic E-state index is 13.5. The Hall–Kier alpha value is -4.24. The van der Waals surface area contributed by atoms with E-state index in [0.29, 0.717) is 34.6 Å². The molecule has 0 bridgehead atoms. The van der Waals surface area contributed by atoms with Crippen molar-refractivity contribution < 1.29 is 28.3 Å². The topological polar surface area (TPSA) is 100 Å². The van der Waals surface area contributed by atoms with Crippen LogP contribution in [0.2, 0.25) is 5.02 Å². The molecular weight excluding hydrogens is 491 g/mol. The molecule has 0 aromatic heterocycles. The summed E-state index contributed by atoms with van der Waals surface area (Å²) in [4.78, 5) is 27.5. The lowest BCUT2D eigenvalue weighted by Gasteiger charge is -2.14. The summed E-state index contributed by atoms with van der Waals surface area (Å²) in [5.74, 6) is -0.512. The Balaban J connectivity index is 1.64. The van der Waals surface area contributed by atoms with Gasteiger partial charge in [0.15, 0.2) is 17.2 Å². The number of carbonyl (C=O) groups is 1. The predicted octanol–water partition coefficient (Wildman–Crippen LogP) is 6.02. The quantitative estimate of drug-likeness (QED) is 0.159. The Morgan fingerprint density at radius 1 is 1.17 bits per heavy atom. The molecule has 36 heavy (non-hydrogen) atoms. The van der Waals surface area contributed by atoms with Crippen LogP contribution in [0, 0.1) is 22.9 Å². The molecule has 0 saturated carbocycles. The van der Waals surface area contributed by atoms with Gasteiger partial charge in [0.2, 0.25) is 5.90 Å². The molecule has 1 aliphatic rings. The number of halogens is 2. The Morgan fingerprint density at radius 3 is 2.67 bits per heavy atom. The number of nitro groups is 1. The highest BCUT2D eigenvalue weighted by Crippen LogP contribution is 2.38. The highest BCUT2D eigenvalue weighted by Gasteiger charge is 2.27. The van der Waals surface area contributed by atoms with Gasteiger partial charge in [0.05, 0.1) is 16.6 Å². The fraction of sp³-hybridized carbons (Fsp3) is 0.154. The molecule has 0 unspecified atom stereocenters. The van der Waals surface area contributed by atoms with Crippen LogP contribution in [0.5, 0.6) is 11.5 Å². The SMILES string of the molecule is CCOc1cc(/C=C2\N=C(c3cccc([N+](=O)[O-])c3C)OC2=O)cc(Cl)c1OCc1cccc(F)c1. The lowest BCUT2D eigenvalue weighted by atomic mass is 10.1. The van der Waals surface area contributed by atoms with E-state index in [1.54, 1.807) is 44.2 Å². The fourth-order valence-corrected chi connectivity index (χ4v) is 3.87. The van der Waals surface area contributed by atoms with Crippen molar-refractivity contribution >= 4 is 35.2 Å². The first-order valence-electron chi connectivity index (χ1n) is 10.9. The average molecular weight is 511 g/mol. The number of carbonyl (C=O) groups excluding carboxylic acids is 1. The molecule has 3 aromatic carbocycles. The van der Waals surface area contributed by atoms with E-state index in [-0.39, 0.29) is 40.5 Å². The van der Waals surface area contributed by atoms with Crippen LogP contribution < -0.4 is 9.47 Å². The minimum atomic E-state index is -0.712. The number of aliphatic imine (C=N–C) groups is 1. The van der Waals surface area contributed by atoms with Gasteiger partial charge in [0, 0.05) is 17.2 Å². The highest BCUT2D eigenvalue weighted by molar-refractivity contribution is 6.32. The van der Waals surface area contributed by atoms with Crippen molar-refractivity contribution in [3.63, 3.8) is 0 Å². The minimum Gasteiger partial charge on any atom is -0.490 e. The Labute approximate surface area is 210 Å². The van der Waals surface area contributed by atoms with Crippen LogP contribution in [0.3, 0.4) is 0 Å². The standard InChI is InChI=1S/C26H20ClFN2O6/c1-3-34-23-13-17(11-20(27)24(23)35-14-16-6-4-7-18(28)10-16)12-21-26(31)36-25(29-21)19-8-5-9-22(15(19)2)30(32)33/h4-13H,3,14H2,1-2H3/b21-12-. The van der Waals surface area contributed by atoms with Crippen molar-refractivity contribution in [2.45, 2.75) is 20.5 Å². The van der Waals surface area contributed by atoms with Crippen LogP contribution in [0.15, 0.2) is 65.3 Å². The van der Waals surface area contributed by atoms with Gasteiger partial charge in [-0.15, -0.1) is 0 Å². The second kappa shape index (κ2) is 10.6. The normalized spacial score (nSPS) is 13.9. The number of cyclic esters (lactones) is 1. The van der Waals surface area contributed by atoms with Crippen molar-refractivity contribution in [3.05, 3.63) is 104 Å². The maximum Gasteiger partial charge on any atom is 0.363 e. The Kier molecular flexibility index (Phi) is 7.30. The molecule has 4 rings (SSSR count). The molecule has 0 fully saturated rings. The van der Waals surface area contributed by atoms with Crippen LogP contribution in [0.4, 0.5) is 10.1 Å². The molecular formula is C26H20ClFN2O6. The lowest BCUT2D eigenvalue weighted by molar-refractivity contribution is -0.385. The zero-order chi connectivity index (χ0) is 25.8. The summed E-state index contributed by atoms with van der Waals surface area (Å²) in [5.41, 5.74) is 1.67. The molecule has 3 aromatic rings. The van der Waals surface area contributed by atoms with Crippen LogP contribution in [-0.4, -0.2) is 23.4 Å². The van der Waals surface area contributed by atoms with Crippen LogP contribution in [-0.2, 0) is 16.1 Å². The van der Waals surface area contributed by atoms with E-state index in [1.807, 2.05) is 0 Å². The van der Waals surface area contributed by atoms with E-state index in [0.717, 1.165) is 0 Å². The fourth-order valence-electron chi connectivity index (χ4n) is 3.59. The van der Waals surface area contributed by atoms with E-state index in [2.05, 4.69) is 4.99 Å². The Bertz CT molecular complexity index is 1420. The minimum absolute atomic E-state index is 0.0112. The summed E-state index contributed by atoms with van der Waals surface area (Å²) in [7, 11) is 0. The van der Waals surface area contributed by atoms with Crippen molar-refractivity contribution in [1.29, 1.82) is 0 Å². The maximum absolute atomic E-state index is 13.5. The number of esters is 1. The number of nitro benzene ring substituents is 1. The predicted molar refractivity (Wildman–Crippen MR) is 132 cm³/mol. The molecule has 0 aliphatic carbocycles.